The molecule has 118 valence electrons. The normalized spacial score (nSPS) is 24.1. The van der Waals surface area contributed by atoms with Crippen LogP contribution in [0.1, 0.15) is 45.7 Å². The van der Waals surface area contributed by atoms with Crippen molar-refractivity contribution in [2.45, 2.75) is 52.3 Å². The van der Waals surface area contributed by atoms with Crippen LogP contribution in [0.2, 0.25) is 0 Å². The first-order valence-corrected chi connectivity index (χ1v) is 8.77. The Hall–Kier alpha value is -0.580. The van der Waals surface area contributed by atoms with Gasteiger partial charge < -0.3 is 15.0 Å². The van der Waals surface area contributed by atoms with Gasteiger partial charge in [0.2, 0.25) is 0 Å². The third-order valence-corrected chi connectivity index (χ3v) is 4.71. The van der Waals surface area contributed by atoms with Gasteiger partial charge in [-0.2, -0.15) is 0 Å². The summed E-state index contributed by atoms with van der Waals surface area (Å²) >= 11 is 3.61. The van der Waals surface area contributed by atoms with Gasteiger partial charge in [0.05, 0.1) is 18.8 Å². The molecule has 1 aromatic rings. The fraction of sp³-hybridized carbons (Fsp3) is 0.647. The van der Waals surface area contributed by atoms with Crippen LogP contribution in [0.3, 0.4) is 0 Å². The Morgan fingerprint density at radius 2 is 2.19 bits per heavy atom. The Kier molecular flexibility index (Phi) is 6.08. The molecule has 0 aromatic heterocycles. The van der Waals surface area contributed by atoms with E-state index in [1.807, 2.05) is 0 Å². The topological polar surface area (TPSA) is 24.5 Å². The van der Waals surface area contributed by atoms with Crippen LogP contribution in [0.5, 0.6) is 0 Å². The molecule has 3 atom stereocenters. The summed E-state index contributed by atoms with van der Waals surface area (Å²) in [4.78, 5) is 2.53. The minimum Gasteiger partial charge on any atom is -0.375 e. The van der Waals surface area contributed by atoms with Gasteiger partial charge in [0.15, 0.2) is 0 Å². The van der Waals surface area contributed by atoms with E-state index in [-0.39, 0.29) is 0 Å². The van der Waals surface area contributed by atoms with Crippen molar-refractivity contribution >= 4 is 21.6 Å². The number of morpholine rings is 1. The van der Waals surface area contributed by atoms with Crippen molar-refractivity contribution in [1.29, 1.82) is 0 Å². The summed E-state index contributed by atoms with van der Waals surface area (Å²) in [6.45, 7) is 11.5. The number of benzene rings is 1. The molecule has 3 unspecified atom stereocenters. The lowest BCUT2D eigenvalue weighted by atomic mass is 10.0. The predicted octanol–water partition coefficient (Wildman–Crippen LogP) is 4.12. The van der Waals surface area contributed by atoms with E-state index in [0.29, 0.717) is 18.2 Å². The molecule has 0 amide bonds. The molecule has 0 aliphatic carbocycles. The van der Waals surface area contributed by atoms with E-state index in [1.54, 1.807) is 0 Å². The molecule has 1 N–H and O–H groups in total. The van der Waals surface area contributed by atoms with E-state index >= 15 is 0 Å². The summed E-state index contributed by atoms with van der Waals surface area (Å²) in [5.41, 5.74) is 2.70. The maximum absolute atomic E-state index is 5.84. The van der Waals surface area contributed by atoms with Gasteiger partial charge in [-0.15, -0.1) is 0 Å². The third-order valence-electron chi connectivity index (χ3n) is 4.21. The van der Waals surface area contributed by atoms with Crippen LogP contribution in [0.25, 0.3) is 0 Å². The Balaban J connectivity index is 2.36. The lowest BCUT2D eigenvalue weighted by Gasteiger charge is -2.41. The molecular weight excluding hydrogens is 328 g/mol. The minimum atomic E-state index is 0.290. The number of nitrogens with one attached hydrogen (secondary N) is 1. The molecule has 0 radical (unpaired) electrons. The zero-order chi connectivity index (χ0) is 15.4. The summed E-state index contributed by atoms with van der Waals surface area (Å²) < 4.78 is 6.98. The first kappa shape index (κ1) is 16.8. The molecule has 21 heavy (non-hydrogen) atoms. The van der Waals surface area contributed by atoms with Crippen molar-refractivity contribution in [3.8, 4) is 0 Å². The van der Waals surface area contributed by atoms with Gasteiger partial charge in [-0.1, -0.05) is 29.8 Å². The first-order chi connectivity index (χ1) is 10.1. The average Bonchev–Trinajstić information content (AvgIpc) is 2.47. The van der Waals surface area contributed by atoms with E-state index in [4.69, 9.17) is 4.74 Å². The summed E-state index contributed by atoms with van der Waals surface area (Å²) in [6.07, 6.45) is 1.40. The number of hydrogen-bond donors (Lipinski definition) is 1. The summed E-state index contributed by atoms with van der Waals surface area (Å²) in [6, 6.07) is 7.45. The molecule has 1 aliphatic rings. The molecule has 1 aromatic carbocycles. The molecular formula is C17H27BrN2O. The lowest BCUT2D eigenvalue weighted by molar-refractivity contribution is 0.0298. The first-order valence-electron chi connectivity index (χ1n) is 7.97. The van der Waals surface area contributed by atoms with Crippen LogP contribution < -0.4 is 10.2 Å². The van der Waals surface area contributed by atoms with E-state index in [0.717, 1.165) is 30.6 Å². The van der Waals surface area contributed by atoms with Crippen molar-refractivity contribution in [2.24, 2.45) is 0 Å². The van der Waals surface area contributed by atoms with Crippen molar-refractivity contribution in [3.05, 3.63) is 28.2 Å². The molecule has 1 aliphatic heterocycles. The number of nitrogens with zero attached hydrogens (tertiary/aromatic N) is 1. The van der Waals surface area contributed by atoms with Gasteiger partial charge in [0, 0.05) is 22.7 Å². The summed E-state index contributed by atoms with van der Waals surface area (Å²) in [7, 11) is 0. The van der Waals surface area contributed by atoms with Gasteiger partial charge >= 0.3 is 0 Å². The molecule has 1 heterocycles. The zero-order valence-electron chi connectivity index (χ0n) is 13.5. The molecule has 1 fully saturated rings. The van der Waals surface area contributed by atoms with Crippen LogP contribution in [0.15, 0.2) is 22.7 Å². The Morgan fingerprint density at radius 1 is 1.43 bits per heavy atom. The van der Waals surface area contributed by atoms with E-state index in [1.165, 1.54) is 11.3 Å². The van der Waals surface area contributed by atoms with Crippen LogP contribution in [0, 0.1) is 0 Å². The maximum atomic E-state index is 5.84. The Morgan fingerprint density at radius 3 is 2.86 bits per heavy atom. The van der Waals surface area contributed by atoms with Gasteiger partial charge in [-0.3, -0.25) is 0 Å². The highest BCUT2D eigenvalue weighted by Gasteiger charge is 2.28. The summed E-state index contributed by atoms with van der Waals surface area (Å²) in [5.74, 6) is 0. The highest BCUT2D eigenvalue weighted by Crippen LogP contribution is 2.33. The Bertz CT molecular complexity index is 466. The van der Waals surface area contributed by atoms with Gasteiger partial charge in [-0.05, 0) is 50.6 Å². The van der Waals surface area contributed by atoms with Crippen molar-refractivity contribution in [1.82, 2.24) is 5.32 Å². The highest BCUT2D eigenvalue weighted by atomic mass is 79.9. The molecule has 2 rings (SSSR count). The van der Waals surface area contributed by atoms with Crippen LogP contribution in [-0.4, -0.2) is 31.8 Å². The largest absolute Gasteiger partial charge is 0.375 e. The quantitative estimate of drug-likeness (QED) is 0.860. The Labute approximate surface area is 137 Å². The third kappa shape index (κ3) is 3.99. The minimum absolute atomic E-state index is 0.290. The molecule has 4 heteroatoms. The molecule has 0 bridgehead atoms. The SMILES string of the molecule is CCNC(C)c1cc(Br)ccc1N1CC(C)OCC1CC. The standard InChI is InChI=1S/C17H27BrN2O/c1-5-15-11-21-12(3)10-20(15)17-8-7-14(18)9-16(17)13(4)19-6-2/h7-9,12-13,15,19H,5-6,10-11H2,1-4H3. The van der Waals surface area contributed by atoms with E-state index in [9.17, 15) is 0 Å². The van der Waals surface area contributed by atoms with Gasteiger partial charge in [0.25, 0.3) is 0 Å². The second-order valence-electron chi connectivity index (χ2n) is 5.84. The van der Waals surface area contributed by atoms with E-state index in [2.05, 4.69) is 72.0 Å². The van der Waals surface area contributed by atoms with Crippen molar-refractivity contribution in [2.75, 3.05) is 24.6 Å². The monoisotopic (exact) mass is 354 g/mol. The molecule has 0 spiro atoms. The number of rotatable bonds is 5. The fourth-order valence-corrected chi connectivity index (χ4v) is 3.41. The number of ether oxygens (including phenoxy) is 1. The van der Waals surface area contributed by atoms with Crippen molar-refractivity contribution < 1.29 is 4.74 Å². The van der Waals surface area contributed by atoms with E-state index < -0.39 is 0 Å². The highest BCUT2D eigenvalue weighted by molar-refractivity contribution is 9.10. The molecule has 0 saturated carbocycles. The molecule has 3 nitrogen and oxygen atoms in total. The van der Waals surface area contributed by atoms with Crippen LogP contribution >= 0.6 is 15.9 Å². The lowest BCUT2D eigenvalue weighted by Crippen LogP contribution is -2.49. The van der Waals surface area contributed by atoms with Crippen LogP contribution in [0.4, 0.5) is 5.69 Å². The number of hydrogen-bond acceptors (Lipinski definition) is 3. The second kappa shape index (κ2) is 7.61. The molecule has 1 saturated heterocycles. The summed E-state index contributed by atoms with van der Waals surface area (Å²) in [5, 5.41) is 3.53. The predicted molar refractivity (Wildman–Crippen MR) is 93.1 cm³/mol. The van der Waals surface area contributed by atoms with Crippen molar-refractivity contribution in [3.63, 3.8) is 0 Å². The zero-order valence-corrected chi connectivity index (χ0v) is 15.1. The van der Waals surface area contributed by atoms with Gasteiger partial charge in [0.1, 0.15) is 0 Å². The van der Waals surface area contributed by atoms with Gasteiger partial charge in [-0.25, -0.2) is 0 Å². The fourth-order valence-electron chi connectivity index (χ4n) is 3.03. The second-order valence-corrected chi connectivity index (χ2v) is 6.76. The number of halogens is 1. The smallest absolute Gasteiger partial charge is 0.0723 e. The maximum Gasteiger partial charge on any atom is 0.0723 e. The average molecular weight is 355 g/mol. The van der Waals surface area contributed by atoms with Crippen LogP contribution in [-0.2, 0) is 4.74 Å². The number of anilines is 1.